The van der Waals surface area contributed by atoms with E-state index in [4.69, 9.17) is 4.84 Å². The van der Waals surface area contributed by atoms with Crippen LogP contribution < -0.4 is 5.06 Å². The molecule has 0 saturated heterocycles. The Morgan fingerprint density at radius 2 is 1.47 bits per heavy atom. The zero-order chi connectivity index (χ0) is 11.7. The Hall–Kier alpha value is -1.94. The molecule has 84 valence electrons. The van der Waals surface area contributed by atoms with Crippen molar-refractivity contribution < 1.29 is 9.63 Å². The van der Waals surface area contributed by atoms with E-state index in [1.54, 1.807) is 16.8 Å². The van der Waals surface area contributed by atoms with E-state index < -0.39 is 0 Å². The molecule has 0 saturated carbocycles. The van der Waals surface area contributed by atoms with E-state index in [0.29, 0.717) is 6.47 Å². The zero-order valence-corrected chi connectivity index (χ0v) is 9.68. The number of anilines is 2. The molecule has 0 aromatic heterocycles. The van der Waals surface area contributed by atoms with Gasteiger partial charge in [0.2, 0.25) is 0 Å². The minimum absolute atomic E-state index is 0.448. The molecule has 3 rings (SSSR count). The molecule has 0 unspecified atom stereocenters. The highest BCUT2D eigenvalue weighted by Crippen LogP contribution is 2.47. The van der Waals surface area contributed by atoms with Gasteiger partial charge in [-0.25, -0.2) is 0 Å². The van der Waals surface area contributed by atoms with Gasteiger partial charge in [-0.05, 0) is 24.3 Å². The maximum absolute atomic E-state index is 10.6. The molecule has 2 aromatic rings. The van der Waals surface area contributed by atoms with E-state index in [2.05, 4.69) is 0 Å². The fourth-order valence-electron chi connectivity index (χ4n) is 1.83. The van der Waals surface area contributed by atoms with Crippen molar-refractivity contribution in [1.82, 2.24) is 0 Å². The summed E-state index contributed by atoms with van der Waals surface area (Å²) < 4.78 is 0. The molecule has 1 aliphatic rings. The van der Waals surface area contributed by atoms with Crippen molar-refractivity contribution in [2.45, 2.75) is 9.79 Å². The molecule has 0 fully saturated rings. The van der Waals surface area contributed by atoms with Crippen LogP contribution in [0.4, 0.5) is 11.4 Å². The molecule has 1 heterocycles. The third kappa shape index (κ3) is 1.66. The number of nitrogens with zero attached hydrogens (tertiary/aromatic N) is 1. The first-order valence-corrected chi connectivity index (χ1v) is 5.98. The molecule has 3 nitrogen and oxygen atoms in total. The molecule has 4 heteroatoms. The molecular weight excluding hydrogens is 234 g/mol. The standard InChI is InChI=1S/C13H9NO2S/c15-9-16-14-10-5-1-3-7-12(10)17-13-8-4-2-6-11(13)14/h1-9H. The smallest absolute Gasteiger partial charge is 0.321 e. The summed E-state index contributed by atoms with van der Waals surface area (Å²) >= 11 is 1.67. The van der Waals surface area contributed by atoms with Gasteiger partial charge in [-0.2, -0.15) is 5.06 Å². The Morgan fingerprint density at radius 1 is 0.941 bits per heavy atom. The highest BCUT2D eigenvalue weighted by atomic mass is 32.2. The summed E-state index contributed by atoms with van der Waals surface area (Å²) in [5.74, 6) is 0. The number of rotatable bonds is 2. The van der Waals surface area contributed by atoms with Crippen LogP contribution in [0.3, 0.4) is 0 Å². The number of hydrogen-bond donors (Lipinski definition) is 0. The summed E-state index contributed by atoms with van der Waals surface area (Å²) in [5, 5.41) is 1.56. The zero-order valence-electron chi connectivity index (χ0n) is 8.87. The Bertz CT molecular complexity index is 525. The fraction of sp³-hybridized carbons (Fsp3) is 0. The van der Waals surface area contributed by atoms with E-state index in [9.17, 15) is 4.79 Å². The SMILES string of the molecule is O=CON1c2ccccc2Sc2ccccc21. The highest BCUT2D eigenvalue weighted by molar-refractivity contribution is 7.99. The molecule has 0 bridgehead atoms. The molecular formula is C13H9NO2S. The Kier molecular flexibility index (Phi) is 2.49. The third-order valence-electron chi connectivity index (χ3n) is 2.54. The molecule has 0 N–H and O–H groups in total. The third-order valence-corrected chi connectivity index (χ3v) is 3.67. The first kappa shape index (κ1) is 10.2. The molecule has 0 spiro atoms. The number of para-hydroxylation sites is 2. The maximum Gasteiger partial charge on any atom is 0.321 e. The van der Waals surface area contributed by atoms with Crippen LogP contribution in [0.15, 0.2) is 58.3 Å². The summed E-state index contributed by atoms with van der Waals surface area (Å²) in [4.78, 5) is 17.9. The van der Waals surface area contributed by atoms with Crippen molar-refractivity contribution in [1.29, 1.82) is 0 Å². The molecule has 0 atom stereocenters. The lowest BCUT2D eigenvalue weighted by Gasteiger charge is -2.29. The summed E-state index contributed by atoms with van der Waals surface area (Å²) in [7, 11) is 0. The van der Waals surface area contributed by atoms with Crippen LogP contribution in [0.5, 0.6) is 0 Å². The molecule has 17 heavy (non-hydrogen) atoms. The van der Waals surface area contributed by atoms with Gasteiger partial charge in [-0.1, -0.05) is 36.0 Å². The van der Waals surface area contributed by atoms with Crippen molar-refractivity contribution in [2.24, 2.45) is 0 Å². The van der Waals surface area contributed by atoms with E-state index in [-0.39, 0.29) is 0 Å². The van der Waals surface area contributed by atoms with Gasteiger partial charge in [0.1, 0.15) is 0 Å². The number of carbonyl (C=O) groups is 1. The van der Waals surface area contributed by atoms with Crippen LogP contribution in [-0.4, -0.2) is 6.47 Å². The predicted octanol–water partition coefficient (Wildman–Crippen LogP) is 3.38. The Balaban J connectivity index is 2.16. The number of benzene rings is 2. The minimum atomic E-state index is 0.448. The van der Waals surface area contributed by atoms with Gasteiger partial charge in [0, 0.05) is 9.79 Å². The molecule has 0 radical (unpaired) electrons. The average Bonchev–Trinajstić information content (AvgIpc) is 2.39. The number of fused-ring (bicyclic) bond motifs is 2. The topological polar surface area (TPSA) is 29.5 Å². The van der Waals surface area contributed by atoms with E-state index in [1.807, 2.05) is 48.5 Å². The normalized spacial score (nSPS) is 12.6. The highest BCUT2D eigenvalue weighted by Gasteiger charge is 2.23. The van der Waals surface area contributed by atoms with Gasteiger partial charge in [0.25, 0.3) is 0 Å². The summed E-state index contributed by atoms with van der Waals surface area (Å²) in [6.07, 6.45) is 0. The van der Waals surface area contributed by atoms with Crippen LogP contribution in [0.2, 0.25) is 0 Å². The second-order valence-electron chi connectivity index (χ2n) is 3.53. The van der Waals surface area contributed by atoms with Gasteiger partial charge >= 0.3 is 6.47 Å². The van der Waals surface area contributed by atoms with Gasteiger partial charge in [0.15, 0.2) is 0 Å². The first-order valence-electron chi connectivity index (χ1n) is 5.16. The molecule has 2 aromatic carbocycles. The lowest BCUT2D eigenvalue weighted by Crippen LogP contribution is -2.20. The van der Waals surface area contributed by atoms with Crippen LogP contribution in [0.1, 0.15) is 0 Å². The second kappa shape index (κ2) is 4.14. The van der Waals surface area contributed by atoms with Gasteiger partial charge in [-0.3, -0.25) is 4.79 Å². The van der Waals surface area contributed by atoms with Crippen molar-refractivity contribution in [3.05, 3.63) is 48.5 Å². The summed E-state index contributed by atoms with van der Waals surface area (Å²) in [6, 6.07) is 15.7. The lowest BCUT2D eigenvalue weighted by atomic mass is 10.2. The van der Waals surface area contributed by atoms with Gasteiger partial charge < -0.3 is 4.84 Å². The predicted molar refractivity (Wildman–Crippen MR) is 66.3 cm³/mol. The fourth-order valence-corrected chi connectivity index (χ4v) is 2.87. The molecule has 0 aliphatic carbocycles. The quantitative estimate of drug-likeness (QED) is 0.756. The van der Waals surface area contributed by atoms with Crippen molar-refractivity contribution in [2.75, 3.05) is 5.06 Å². The van der Waals surface area contributed by atoms with Crippen molar-refractivity contribution >= 4 is 29.6 Å². The summed E-state index contributed by atoms with van der Waals surface area (Å²) in [6.45, 7) is 0.448. The van der Waals surface area contributed by atoms with Crippen LogP contribution >= 0.6 is 11.8 Å². The van der Waals surface area contributed by atoms with Crippen LogP contribution in [0, 0.1) is 0 Å². The Labute approximate surface area is 103 Å². The summed E-state index contributed by atoms with van der Waals surface area (Å²) in [5.41, 5.74) is 1.78. The molecule has 1 aliphatic heterocycles. The lowest BCUT2D eigenvalue weighted by molar-refractivity contribution is -0.128. The van der Waals surface area contributed by atoms with Gasteiger partial charge in [-0.15, -0.1) is 0 Å². The van der Waals surface area contributed by atoms with Gasteiger partial charge in [0.05, 0.1) is 11.4 Å². The van der Waals surface area contributed by atoms with Crippen LogP contribution in [-0.2, 0) is 9.63 Å². The first-order chi connectivity index (χ1) is 8.40. The maximum atomic E-state index is 10.6. The van der Waals surface area contributed by atoms with E-state index >= 15 is 0 Å². The average molecular weight is 243 g/mol. The van der Waals surface area contributed by atoms with Crippen LogP contribution in [0.25, 0.3) is 0 Å². The second-order valence-corrected chi connectivity index (χ2v) is 4.62. The Morgan fingerprint density at radius 3 is 2.00 bits per heavy atom. The van der Waals surface area contributed by atoms with E-state index in [0.717, 1.165) is 21.2 Å². The van der Waals surface area contributed by atoms with Crippen molar-refractivity contribution in [3.8, 4) is 0 Å². The largest absolute Gasteiger partial charge is 0.339 e. The molecule has 0 amide bonds. The monoisotopic (exact) mass is 243 g/mol. The van der Waals surface area contributed by atoms with Crippen molar-refractivity contribution in [3.63, 3.8) is 0 Å². The van der Waals surface area contributed by atoms with E-state index in [1.165, 1.54) is 0 Å². The number of hydrogen-bond acceptors (Lipinski definition) is 4. The number of carbonyl (C=O) groups excluding carboxylic acids is 1. The minimum Gasteiger partial charge on any atom is -0.339 e.